The molecule has 2 atom stereocenters. The summed E-state index contributed by atoms with van der Waals surface area (Å²) in [5.74, 6) is -4.82. The van der Waals surface area contributed by atoms with E-state index in [-0.39, 0.29) is 41.5 Å². The molecule has 0 saturated carbocycles. The van der Waals surface area contributed by atoms with Crippen LogP contribution in [-0.2, 0) is 10.7 Å². The minimum absolute atomic E-state index is 0.0158. The Morgan fingerprint density at radius 3 is 2.74 bits per heavy atom. The molecular weight excluding hydrogens is 716 g/mol. The van der Waals surface area contributed by atoms with Crippen LogP contribution >= 0.6 is 11.6 Å². The first-order valence-electron chi connectivity index (χ1n) is 17.3. The number of carbonyl (C=O) groups excluding carboxylic acids is 1. The van der Waals surface area contributed by atoms with Gasteiger partial charge in [-0.15, -0.1) is 0 Å². The largest absolute Gasteiger partial charge is 0.461 e. The number of hydrogen-bond acceptors (Lipinski definition) is 10. The molecule has 1 amide bonds. The van der Waals surface area contributed by atoms with Gasteiger partial charge in [-0.2, -0.15) is 23.7 Å². The van der Waals surface area contributed by atoms with Gasteiger partial charge < -0.3 is 19.1 Å². The molecule has 0 unspecified atom stereocenters. The molecule has 53 heavy (non-hydrogen) atoms. The van der Waals surface area contributed by atoms with Crippen LogP contribution in [0.1, 0.15) is 37.9 Å². The molecule has 6 heterocycles. The van der Waals surface area contributed by atoms with Gasteiger partial charge >= 0.3 is 11.9 Å². The molecule has 0 aliphatic carbocycles. The summed E-state index contributed by atoms with van der Waals surface area (Å²) in [6, 6.07) is 10.9. The molecule has 0 bridgehead atoms. The van der Waals surface area contributed by atoms with Gasteiger partial charge in [0.1, 0.15) is 29.8 Å². The summed E-state index contributed by atoms with van der Waals surface area (Å²) in [5, 5.41) is 5.57. The number of alkyl halides is 3. The molecule has 16 heteroatoms. The van der Waals surface area contributed by atoms with Crippen molar-refractivity contribution in [1.29, 1.82) is 0 Å². The van der Waals surface area contributed by atoms with E-state index in [1.165, 1.54) is 12.2 Å². The maximum Gasteiger partial charge on any atom is 0.319 e. The lowest BCUT2D eigenvalue weighted by molar-refractivity contribution is -0.131. The molecule has 3 aliphatic heterocycles. The van der Waals surface area contributed by atoms with E-state index in [1.54, 1.807) is 23.2 Å². The molecule has 3 aliphatic rings. The van der Waals surface area contributed by atoms with Crippen LogP contribution in [-0.4, -0.2) is 98.9 Å². The first-order valence-corrected chi connectivity index (χ1v) is 17.7. The lowest BCUT2D eigenvalue weighted by Gasteiger charge is -2.40. The third-order valence-electron chi connectivity index (χ3n) is 10.3. The SMILES string of the molecule is CN(CC1CN(C(=O)/C=C/c2nc(C(C)(F)F)no2)C1)c1nc(OC[C@@]23CCCN2C[C@H](F)C3)nc2c(F)c(-c3cccc4cccc(Cl)c34)ncc12. The molecule has 3 saturated heterocycles. The van der Waals surface area contributed by atoms with Crippen LogP contribution in [0.15, 0.2) is 53.2 Å². The highest BCUT2D eigenvalue weighted by Gasteiger charge is 2.49. The first-order chi connectivity index (χ1) is 25.4. The zero-order valence-corrected chi connectivity index (χ0v) is 29.7. The summed E-state index contributed by atoms with van der Waals surface area (Å²) in [7, 11) is 1.81. The summed E-state index contributed by atoms with van der Waals surface area (Å²) < 4.78 is 69.1. The Morgan fingerprint density at radius 1 is 1.17 bits per heavy atom. The number of carbonyl (C=O) groups is 1. The van der Waals surface area contributed by atoms with Crippen LogP contribution in [0.2, 0.25) is 5.02 Å². The molecule has 0 radical (unpaired) electrons. The van der Waals surface area contributed by atoms with E-state index >= 15 is 4.39 Å². The standard InChI is InChI=1S/C37H35ClF4N8O3/c1-36(41,42)34-44-27(53-47-34)10-11-28(51)49-17-21(18-49)16-48(2)33-25-15-43-31(24-8-3-6-22-7-4-9-26(38)29(22)24)30(40)32(25)45-35(46-33)52-20-37-12-5-13-50(37)19-23(39)14-37/h3-4,6-11,15,21,23H,5,12-14,16-20H2,1-2H3/b11-10+/t23-,37+/m1/s1. The Balaban J connectivity index is 1.06. The Labute approximate surface area is 306 Å². The highest BCUT2D eigenvalue weighted by molar-refractivity contribution is 6.36. The number of likely N-dealkylation sites (tertiary alicyclic amines) is 1. The summed E-state index contributed by atoms with van der Waals surface area (Å²) >= 11 is 6.60. The molecule has 3 aromatic heterocycles. The summed E-state index contributed by atoms with van der Waals surface area (Å²) in [5.41, 5.74) is 0.142. The molecule has 3 fully saturated rings. The second-order valence-corrected chi connectivity index (χ2v) is 14.6. The van der Waals surface area contributed by atoms with Crippen LogP contribution < -0.4 is 9.64 Å². The predicted octanol–water partition coefficient (Wildman–Crippen LogP) is 6.70. The first kappa shape index (κ1) is 35.2. The van der Waals surface area contributed by atoms with Crippen LogP contribution in [0.25, 0.3) is 39.0 Å². The smallest absolute Gasteiger partial charge is 0.319 e. The van der Waals surface area contributed by atoms with E-state index < -0.39 is 29.3 Å². The lowest BCUT2D eigenvalue weighted by Crippen LogP contribution is -2.53. The Morgan fingerprint density at radius 2 is 1.96 bits per heavy atom. The average molecular weight is 751 g/mol. The van der Waals surface area contributed by atoms with Gasteiger partial charge in [0, 0.05) is 86.8 Å². The van der Waals surface area contributed by atoms with Gasteiger partial charge in [-0.3, -0.25) is 14.7 Å². The van der Waals surface area contributed by atoms with E-state index in [9.17, 15) is 18.0 Å². The minimum atomic E-state index is -3.26. The van der Waals surface area contributed by atoms with Gasteiger partial charge in [-0.1, -0.05) is 47.1 Å². The van der Waals surface area contributed by atoms with Crippen molar-refractivity contribution in [3.05, 3.63) is 71.2 Å². The molecule has 0 spiro atoms. The Hall–Kier alpha value is -4.89. The third-order valence-corrected chi connectivity index (χ3v) is 10.7. The normalized spacial score (nSPS) is 20.8. The highest BCUT2D eigenvalue weighted by Crippen LogP contribution is 2.41. The zero-order valence-electron chi connectivity index (χ0n) is 28.9. The number of amides is 1. The predicted molar refractivity (Wildman–Crippen MR) is 190 cm³/mol. The van der Waals surface area contributed by atoms with Crippen LogP contribution in [0.3, 0.4) is 0 Å². The van der Waals surface area contributed by atoms with Crippen molar-refractivity contribution in [3.63, 3.8) is 0 Å². The van der Waals surface area contributed by atoms with Crippen molar-refractivity contribution in [1.82, 2.24) is 34.9 Å². The molecule has 8 rings (SSSR count). The average Bonchev–Trinajstić information content (AvgIpc) is 3.82. The fourth-order valence-corrected chi connectivity index (χ4v) is 8.06. The van der Waals surface area contributed by atoms with E-state index in [1.807, 2.05) is 36.2 Å². The number of ether oxygens (including phenoxy) is 1. The van der Waals surface area contributed by atoms with E-state index in [4.69, 9.17) is 25.8 Å². The summed E-state index contributed by atoms with van der Waals surface area (Å²) in [6.45, 7) is 3.23. The summed E-state index contributed by atoms with van der Waals surface area (Å²) in [6.07, 6.45) is 5.07. The number of nitrogens with zero attached hydrogens (tertiary/aromatic N) is 8. The third kappa shape index (κ3) is 6.65. The zero-order chi connectivity index (χ0) is 37.1. The number of pyridine rings is 1. The summed E-state index contributed by atoms with van der Waals surface area (Å²) in [4.78, 5) is 35.8. The van der Waals surface area contributed by atoms with Crippen LogP contribution in [0.5, 0.6) is 6.01 Å². The van der Waals surface area contributed by atoms with Crippen molar-refractivity contribution in [3.8, 4) is 17.3 Å². The van der Waals surface area contributed by atoms with Gasteiger partial charge in [-0.05, 0) is 30.8 Å². The van der Waals surface area contributed by atoms with Gasteiger partial charge in [0.2, 0.25) is 11.7 Å². The van der Waals surface area contributed by atoms with Crippen LogP contribution in [0, 0.1) is 11.7 Å². The number of benzene rings is 2. The number of rotatable bonds is 10. The molecule has 5 aromatic rings. The van der Waals surface area contributed by atoms with Gasteiger partial charge in [-0.25, -0.2) is 8.78 Å². The number of hydrogen-bond donors (Lipinski definition) is 0. The number of halogens is 5. The van der Waals surface area contributed by atoms with Crippen molar-refractivity contribution in [2.24, 2.45) is 5.92 Å². The maximum atomic E-state index is 16.7. The number of fused-ring (bicyclic) bond motifs is 3. The second kappa shape index (κ2) is 13.5. The van der Waals surface area contributed by atoms with Crippen molar-refractivity contribution in [2.75, 3.05) is 51.3 Å². The Kier molecular flexibility index (Phi) is 8.96. The molecule has 11 nitrogen and oxygen atoms in total. The quantitative estimate of drug-likeness (QED) is 0.113. The fraction of sp³-hybridized carbons (Fsp3) is 0.405. The van der Waals surface area contributed by atoms with E-state index in [2.05, 4.69) is 25.0 Å². The fourth-order valence-electron chi connectivity index (χ4n) is 7.77. The highest BCUT2D eigenvalue weighted by atomic mass is 35.5. The second-order valence-electron chi connectivity index (χ2n) is 14.2. The Bertz CT molecular complexity index is 2240. The lowest BCUT2D eigenvalue weighted by atomic mass is 9.95. The topological polar surface area (TPSA) is 114 Å². The minimum Gasteiger partial charge on any atom is -0.461 e. The molecule has 2 aromatic carbocycles. The van der Waals surface area contributed by atoms with Crippen LogP contribution in [0.4, 0.5) is 23.4 Å². The molecule has 276 valence electrons. The van der Waals surface area contributed by atoms with Gasteiger partial charge in [0.15, 0.2) is 5.82 Å². The van der Waals surface area contributed by atoms with Gasteiger partial charge in [0.05, 0.1) is 10.9 Å². The van der Waals surface area contributed by atoms with Crippen molar-refractivity contribution in [2.45, 2.75) is 43.8 Å². The van der Waals surface area contributed by atoms with Crippen molar-refractivity contribution >= 4 is 51.1 Å². The van der Waals surface area contributed by atoms with Gasteiger partial charge in [0.25, 0.3) is 5.89 Å². The van der Waals surface area contributed by atoms with E-state index in [0.29, 0.717) is 66.7 Å². The maximum absolute atomic E-state index is 16.7. The van der Waals surface area contributed by atoms with Crippen molar-refractivity contribution < 1.29 is 31.6 Å². The number of anilines is 1. The van der Waals surface area contributed by atoms with E-state index in [0.717, 1.165) is 24.8 Å². The number of aromatic nitrogens is 5. The monoisotopic (exact) mass is 750 g/mol. The molecular formula is C37H35ClF4N8O3. The molecule has 0 N–H and O–H groups in total.